The number of aliphatic carboxylic acids is 1. The fraction of sp³-hybridized carbons (Fsp3) is 0.594. The molecule has 2 unspecified atom stereocenters. The Kier molecular flexibility index (Phi) is 19.1. The Morgan fingerprint density at radius 3 is 2.38 bits per heavy atom. The number of rotatable bonds is 17. The number of benzene rings is 1. The average molecular weight is 682 g/mol. The molecule has 4 N–H and O–H groups in total. The van der Waals surface area contributed by atoms with Crippen molar-refractivity contribution in [1.82, 2.24) is 15.7 Å². The predicted molar refractivity (Wildman–Crippen MR) is 168 cm³/mol. The number of hydrogen-bond acceptors (Lipinski definition) is 12. The molecule has 16 heteroatoms. The number of aliphatic hydroxyl groups excluding tert-OH is 1. The van der Waals surface area contributed by atoms with Crippen LogP contribution in [-0.2, 0) is 49.7 Å². The van der Waals surface area contributed by atoms with Gasteiger partial charge in [0.1, 0.15) is 18.6 Å². The summed E-state index contributed by atoms with van der Waals surface area (Å²) in [6, 6.07) is 4.45. The number of ether oxygens (including phenoxy) is 3. The molecule has 1 aliphatic heterocycles. The van der Waals surface area contributed by atoms with Crippen LogP contribution in [-0.4, -0.2) is 95.8 Å². The van der Waals surface area contributed by atoms with Gasteiger partial charge in [0.25, 0.3) is 11.8 Å². The number of nitrogens with zero attached hydrogens (tertiary/aromatic N) is 1. The molecule has 0 aromatic heterocycles. The van der Waals surface area contributed by atoms with E-state index in [9.17, 15) is 43.8 Å². The summed E-state index contributed by atoms with van der Waals surface area (Å²) < 4.78 is 16.4. The molecule has 1 aliphatic rings. The zero-order valence-electron chi connectivity index (χ0n) is 28.0. The molecule has 0 spiro atoms. The first-order chi connectivity index (χ1) is 22.8. The van der Waals surface area contributed by atoms with Crippen molar-refractivity contribution in [3.8, 4) is 5.75 Å². The fourth-order valence-electron chi connectivity index (χ4n) is 4.05. The van der Waals surface area contributed by atoms with Crippen LogP contribution in [0.4, 0.5) is 0 Å². The molecule has 268 valence electrons. The summed E-state index contributed by atoms with van der Waals surface area (Å²) >= 11 is 0. The molecule has 1 heterocycles. The second-order valence-electron chi connectivity index (χ2n) is 10.7. The number of carbonyl (C=O) groups excluding carboxylic acids is 6. The van der Waals surface area contributed by atoms with E-state index in [0.717, 1.165) is 5.06 Å². The van der Waals surface area contributed by atoms with E-state index in [4.69, 9.17) is 19.0 Å². The lowest BCUT2D eigenvalue weighted by Crippen LogP contribution is -2.42. The fourth-order valence-corrected chi connectivity index (χ4v) is 4.05. The molecule has 1 aromatic rings. The zero-order chi connectivity index (χ0) is 36.2. The van der Waals surface area contributed by atoms with Gasteiger partial charge in [-0.2, -0.15) is 5.06 Å². The van der Waals surface area contributed by atoms with Crippen molar-refractivity contribution in [2.24, 2.45) is 5.92 Å². The summed E-state index contributed by atoms with van der Waals surface area (Å²) in [6.07, 6.45) is -3.09. The molecule has 2 rings (SSSR count). The number of hydrogen-bond donors (Lipinski definition) is 4. The van der Waals surface area contributed by atoms with Crippen LogP contribution in [0.1, 0.15) is 88.6 Å². The molecular formula is C32H47N3O13. The van der Waals surface area contributed by atoms with E-state index in [1.807, 2.05) is 13.8 Å². The minimum Gasteiger partial charge on any atom is -0.479 e. The number of carboxylic acid groups (broad SMARTS) is 1. The Morgan fingerprint density at radius 2 is 1.73 bits per heavy atom. The Hall–Kier alpha value is -4.57. The number of nitrogens with one attached hydrogen (secondary N) is 2. The number of esters is 1. The highest BCUT2D eigenvalue weighted by Crippen LogP contribution is 2.27. The van der Waals surface area contributed by atoms with Crippen molar-refractivity contribution >= 4 is 41.9 Å². The second kappa shape index (κ2) is 22.1. The van der Waals surface area contributed by atoms with Gasteiger partial charge in [0.05, 0.1) is 17.6 Å². The molecule has 0 aliphatic carbocycles. The number of aliphatic hydroxyl groups is 1. The summed E-state index contributed by atoms with van der Waals surface area (Å²) in [7, 11) is 1.25. The molecule has 0 radical (unpaired) electrons. The van der Waals surface area contributed by atoms with E-state index in [1.165, 1.54) is 19.2 Å². The zero-order valence-corrected chi connectivity index (χ0v) is 28.0. The van der Waals surface area contributed by atoms with Gasteiger partial charge in [-0.15, -0.1) is 0 Å². The summed E-state index contributed by atoms with van der Waals surface area (Å²) in [6.45, 7) is 7.29. The van der Waals surface area contributed by atoms with Gasteiger partial charge in [-0.3, -0.25) is 19.2 Å². The van der Waals surface area contributed by atoms with Gasteiger partial charge >= 0.3 is 17.9 Å². The summed E-state index contributed by atoms with van der Waals surface area (Å²) in [5.41, 5.74) is 0.496. The van der Waals surface area contributed by atoms with E-state index in [0.29, 0.717) is 11.8 Å². The lowest BCUT2D eigenvalue weighted by Gasteiger charge is -2.31. The molecule has 3 amide bonds. The van der Waals surface area contributed by atoms with Crippen LogP contribution in [0, 0.1) is 5.92 Å². The summed E-state index contributed by atoms with van der Waals surface area (Å²) in [5.74, 6) is -4.27. The highest BCUT2D eigenvalue weighted by Gasteiger charge is 2.34. The standard InChI is InChI=1S/C30H41N3O13.C2H6/c1-18(2)30(42)43-17-19-9-10-22(44-27-16-20(35)15-23(45-27)29(40)41)21(14-19)28(39)32-12-11-31-24(36)6-4-8-26(38)46-33(3)25(37)7-5-13-34;1-2/h9-10,13-14,18,20,23,27,35H,4-8,11-12,15-17H2,1-3H3,(H,31,36)(H,32,39)(H,40,41);1-2H3/t20?,23-,27?;/m0./s1. The maximum atomic E-state index is 13.1. The molecule has 0 saturated carbocycles. The molecule has 1 aromatic carbocycles. The SMILES string of the molecule is CC.CC(C)C(=O)OCc1ccc(OC2CC(O)C[C@@H](C(=O)O)O2)c(C(=O)NCCNC(=O)CCCC(=O)ON(C)C(=O)CCC=O)c1. The van der Waals surface area contributed by atoms with Crippen molar-refractivity contribution in [3.63, 3.8) is 0 Å². The van der Waals surface area contributed by atoms with Crippen molar-refractivity contribution in [2.45, 2.75) is 97.7 Å². The Bertz CT molecular complexity index is 1250. The Balaban J connectivity index is 0.00000565. The topological polar surface area (TPSA) is 224 Å². The van der Waals surface area contributed by atoms with E-state index < -0.39 is 54.1 Å². The third-order valence-electron chi connectivity index (χ3n) is 6.53. The van der Waals surface area contributed by atoms with Gasteiger partial charge in [-0.1, -0.05) is 33.8 Å². The smallest absolute Gasteiger partial charge is 0.333 e. The van der Waals surface area contributed by atoms with Gasteiger partial charge < -0.3 is 44.7 Å². The third kappa shape index (κ3) is 15.3. The largest absolute Gasteiger partial charge is 0.479 e. The molecule has 48 heavy (non-hydrogen) atoms. The van der Waals surface area contributed by atoms with Crippen molar-refractivity contribution in [3.05, 3.63) is 29.3 Å². The minimum absolute atomic E-state index is 0.00600. The summed E-state index contributed by atoms with van der Waals surface area (Å²) in [5, 5.41) is 25.4. The van der Waals surface area contributed by atoms with Gasteiger partial charge in [0.15, 0.2) is 6.10 Å². The lowest BCUT2D eigenvalue weighted by atomic mass is 10.0. The van der Waals surface area contributed by atoms with E-state index in [-0.39, 0.29) is 81.9 Å². The molecule has 1 fully saturated rings. The number of carboxylic acids is 1. The van der Waals surface area contributed by atoms with Gasteiger partial charge in [-0.25, -0.2) is 9.59 Å². The quantitative estimate of drug-likeness (QED) is 0.0795. The molecule has 3 atom stereocenters. The monoisotopic (exact) mass is 681 g/mol. The first-order valence-corrected chi connectivity index (χ1v) is 15.8. The third-order valence-corrected chi connectivity index (χ3v) is 6.53. The van der Waals surface area contributed by atoms with E-state index in [1.54, 1.807) is 19.9 Å². The maximum Gasteiger partial charge on any atom is 0.333 e. The molecule has 0 bridgehead atoms. The van der Waals surface area contributed by atoms with Gasteiger partial charge in [-0.05, 0) is 24.1 Å². The van der Waals surface area contributed by atoms with Crippen LogP contribution in [0.2, 0.25) is 0 Å². The van der Waals surface area contributed by atoms with Gasteiger partial charge in [0.2, 0.25) is 12.2 Å². The first kappa shape index (κ1) is 41.5. The van der Waals surface area contributed by atoms with Crippen molar-refractivity contribution in [1.29, 1.82) is 0 Å². The molecular weight excluding hydrogens is 634 g/mol. The number of hydroxylamine groups is 2. The van der Waals surface area contributed by atoms with Crippen LogP contribution in [0.25, 0.3) is 0 Å². The lowest BCUT2D eigenvalue weighted by molar-refractivity contribution is -0.195. The van der Waals surface area contributed by atoms with Crippen LogP contribution in [0.15, 0.2) is 18.2 Å². The minimum atomic E-state index is -1.29. The Morgan fingerprint density at radius 1 is 1.04 bits per heavy atom. The number of amides is 3. The van der Waals surface area contributed by atoms with E-state index in [2.05, 4.69) is 10.6 Å². The maximum absolute atomic E-state index is 13.1. The van der Waals surface area contributed by atoms with Gasteiger partial charge in [0, 0.05) is 58.7 Å². The molecule has 16 nitrogen and oxygen atoms in total. The predicted octanol–water partition coefficient (Wildman–Crippen LogP) is 1.65. The number of carbonyl (C=O) groups is 7. The van der Waals surface area contributed by atoms with Crippen LogP contribution >= 0.6 is 0 Å². The van der Waals surface area contributed by atoms with Crippen molar-refractivity contribution in [2.75, 3.05) is 20.1 Å². The highest BCUT2D eigenvalue weighted by molar-refractivity contribution is 5.97. The first-order valence-electron chi connectivity index (χ1n) is 15.8. The van der Waals surface area contributed by atoms with E-state index >= 15 is 0 Å². The highest BCUT2D eigenvalue weighted by atomic mass is 16.7. The summed E-state index contributed by atoms with van der Waals surface area (Å²) in [4.78, 5) is 87.4. The van der Waals surface area contributed by atoms with Crippen molar-refractivity contribution < 1.29 is 62.8 Å². The number of aldehydes is 1. The van der Waals surface area contributed by atoms with Crippen LogP contribution < -0.4 is 15.4 Å². The second-order valence-corrected chi connectivity index (χ2v) is 10.7. The molecule has 1 saturated heterocycles. The van der Waals surface area contributed by atoms with Crippen LogP contribution in [0.5, 0.6) is 5.75 Å². The Labute approximate surface area is 279 Å². The van der Waals surface area contributed by atoms with Crippen LogP contribution in [0.3, 0.4) is 0 Å². The average Bonchev–Trinajstić information content (AvgIpc) is 3.05. The normalized spacial score (nSPS) is 16.8.